The molecule has 1 aliphatic carbocycles. The molecule has 2 N–H and O–H groups in total. The SMILES string of the molecule is C=S(NC(=O)c1ccc2c(c1)N(CC1CCC1CC1OC3CNCC3O1)CC(c1ccc(Cl)cc1CCC)CO2)C(C)C(C)CCC.CC. The van der Waals surface area contributed by atoms with Gasteiger partial charge in [-0.1, -0.05) is 88.6 Å². The lowest BCUT2D eigenvalue weighted by Gasteiger charge is -2.42. The first-order valence-corrected chi connectivity index (χ1v) is 20.7. The van der Waals surface area contributed by atoms with Crippen LogP contribution in [-0.2, 0) is 15.9 Å². The predicted octanol–water partition coefficient (Wildman–Crippen LogP) is 8.60. The predicted molar refractivity (Wildman–Crippen MR) is 207 cm³/mol. The molecule has 8 atom stereocenters. The number of rotatable bonds is 13. The number of carbonyl (C=O) groups is 1. The molecule has 272 valence electrons. The van der Waals surface area contributed by atoms with Gasteiger partial charge in [0.25, 0.3) is 5.91 Å². The highest BCUT2D eigenvalue weighted by atomic mass is 35.5. The van der Waals surface area contributed by atoms with Gasteiger partial charge in [-0.05, 0) is 84.9 Å². The van der Waals surface area contributed by atoms with Crippen LogP contribution < -0.4 is 19.7 Å². The lowest BCUT2D eigenvalue weighted by Crippen LogP contribution is -2.41. The quantitative estimate of drug-likeness (QED) is 0.203. The molecule has 2 saturated heterocycles. The van der Waals surface area contributed by atoms with Crippen molar-refractivity contribution < 1.29 is 19.0 Å². The van der Waals surface area contributed by atoms with E-state index < -0.39 is 10.7 Å². The number of ether oxygens (including phenoxy) is 3. The Kier molecular flexibility index (Phi) is 13.9. The van der Waals surface area contributed by atoms with E-state index in [0.29, 0.717) is 35.2 Å². The van der Waals surface area contributed by atoms with Gasteiger partial charge in [0.05, 0.1) is 12.3 Å². The molecule has 7 nitrogen and oxygen atoms in total. The minimum Gasteiger partial charge on any atom is -0.491 e. The lowest BCUT2D eigenvalue weighted by atomic mass is 9.71. The minimum absolute atomic E-state index is 0.0672. The average Bonchev–Trinajstić information content (AvgIpc) is 3.64. The van der Waals surface area contributed by atoms with Crippen molar-refractivity contribution in [3.8, 4) is 5.75 Å². The Hall–Kier alpha value is -2.10. The number of amides is 1. The minimum atomic E-state index is -0.472. The van der Waals surface area contributed by atoms with E-state index >= 15 is 0 Å². The molecule has 3 fully saturated rings. The number of benzene rings is 2. The standard InChI is InChI=1S/C38H54ClN3O4S.C2H6/c1-6-8-24(3)25(4)47(5)41-38(43)28-12-15-34-33(17-28)42(22-30(23-44-34)32-14-13-31(39)16-27(32)9-7-2)21-29-11-10-26(29)18-37-45-35-19-40-20-36(35)46-37;1-2/h12-17,24-26,29-30,35-37,40H,5-11,18-23H2,1-4H3,(H,41,43);1-2H3. The first-order valence-electron chi connectivity index (χ1n) is 18.9. The molecule has 4 aliphatic rings. The van der Waals surface area contributed by atoms with Crippen molar-refractivity contribution in [1.29, 1.82) is 0 Å². The van der Waals surface area contributed by atoms with Crippen molar-refractivity contribution in [2.45, 2.75) is 116 Å². The van der Waals surface area contributed by atoms with E-state index in [4.69, 9.17) is 25.8 Å². The van der Waals surface area contributed by atoms with E-state index in [1.54, 1.807) is 0 Å². The fraction of sp³-hybridized carbons (Fsp3) is 0.650. The van der Waals surface area contributed by atoms with Crippen molar-refractivity contribution in [2.24, 2.45) is 17.8 Å². The van der Waals surface area contributed by atoms with E-state index in [2.05, 4.69) is 60.6 Å². The number of hydrogen-bond acceptors (Lipinski definition) is 6. The third kappa shape index (κ3) is 9.23. The molecule has 0 aromatic heterocycles. The number of halogens is 1. The van der Waals surface area contributed by atoms with Crippen LogP contribution in [0.1, 0.15) is 107 Å². The molecule has 2 aromatic rings. The van der Waals surface area contributed by atoms with E-state index in [-0.39, 0.29) is 30.3 Å². The number of fused-ring (bicyclic) bond motifs is 2. The van der Waals surface area contributed by atoms with Crippen molar-refractivity contribution >= 4 is 39.7 Å². The summed E-state index contributed by atoms with van der Waals surface area (Å²) < 4.78 is 22.3. The zero-order valence-electron chi connectivity index (χ0n) is 30.6. The summed E-state index contributed by atoms with van der Waals surface area (Å²) >= 11 is 6.47. The third-order valence-electron chi connectivity index (χ3n) is 11.0. The Labute approximate surface area is 303 Å². The molecule has 8 unspecified atom stereocenters. The molecule has 3 aliphatic heterocycles. The molecule has 9 heteroatoms. The van der Waals surface area contributed by atoms with Gasteiger partial charge in [-0.15, -0.1) is 0 Å². The van der Waals surface area contributed by atoms with Crippen LogP contribution in [0.3, 0.4) is 0 Å². The molecule has 0 radical (unpaired) electrons. The topological polar surface area (TPSA) is 72.1 Å². The van der Waals surface area contributed by atoms with Crippen molar-refractivity contribution in [1.82, 2.24) is 10.0 Å². The monoisotopic (exact) mass is 713 g/mol. The Morgan fingerprint density at radius 3 is 2.47 bits per heavy atom. The maximum Gasteiger partial charge on any atom is 0.260 e. The molecule has 49 heavy (non-hydrogen) atoms. The summed E-state index contributed by atoms with van der Waals surface area (Å²) in [6, 6.07) is 12.3. The summed E-state index contributed by atoms with van der Waals surface area (Å²) in [6.07, 6.45) is 7.90. The van der Waals surface area contributed by atoms with Crippen LogP contribution in [0.4, 0.5) is 5.69 Å². The van der Waals surface area contributed by atoms with Gasteiger partial charge in [0.1, 0.15) is 18.0 Å². The van der Waals surface area contributed by atoms with Gasteiger partial charge < -0.3 is 29.1 Å². The van der Waals surface area contributed by atoms with Gasteiger partial charge in [-0.25, -0.2) is 0 Å². The number of aryl methyl sites for hydroxylation is 1. The number of nitrogens with one attached hydrogen (secondary N) is 2. The van der Waals surface area contributed by atoms with E-state index in [0.717, 1.165) is 74.7 Å². The highest BCUT2D eigenvalue weighted by Gasteiger charge is 2.43. The van der Waals surface area contributed by atoms with Crippen molar-refractivity contribution in [2.75, 3.05) is 37.7 Å². The lowest BCUT2D eigenvalue weighted by molar-refractivity contribution is -0.0955. The highest BCUT2D eigenvalue weighted by molar-refractivity contribution is 8.13. The Bertz CT molecular complexity index is 1410. The van der Waals surface area contributed by atoms with Gasteiger partial charge in [0.2, 0.25) is 0 Å². The summed E-state index contributed by atoms with van der Waals surface area (Å²) in [7, 11) is -0.472. The number of anilines is 1. The second-order valence-electron chi connectivity index (χ2n) is 14.3. The summed E-state index contributed by atoms with van der Waals surface area (Å²) in [5.41, 5.74) is 4.26. The third-order valence-corrected chi connectivity index (χ3v) is 13.1. The van der Waals surface area contributed by atoms with Gasteiger partial charge in [-0.2, -0.15) is 0 Å². The van der Waals surface area contributed by atoms with Crippen LogP contribution in [0, 0.1) is 17.8 Å². The first kappa shape index (κ1) is 38.1. The van der Waals surface area contributed by atoms with Crippen LogP contribution in [0.25, 0.3) is 0 Å². The summed E-state index contributed by atoms with van der Waals surface area (Å²) in [6.45, 7) is 16.9. The van der Waals surface area contributed by atoms with Crippen LogP contribution >= 0.6 is 22.3 Å². The number of hydrogen-bond donors (Lipinski definition) is 2. The molecule has 3 heterocycles. The Balaban J connectivity index is 0.00000230. The Morgan fingerprint density at radius 2 is 1.80 bits per heavy atom. The normalized spacial score (nSPS) is 27.7. The summed E-state index contributed by atoms with van der Waals surface area (Å²) in [5.74, 6) is 6.88. The van der Waals surface area contributed by atoms with Crippen molar-refractivity contribution in [3.05, 3.63) is 58.1 Å². The smallest absolute Gasteiger partial charge is 0.260 e. The van der Waals surface area contributed by atoms with Gasteiger partial charge in [-0.3, -0.25) is 4.79 Å². The number of nitrogens with zero attached hydrogens (tertiary/aromatic N) is 1. The van der Waals surface area contributed by atoms with Crippen LogP contribution in [0.15, 0.2) is 36.4 Å². The zero-order valence-corrected chi connectivity index (χ0v) is 32.2. The molecule has 0 spiro atoms. The first-order chi connectivity index (χ1) is 23.7. The van der Waals surface area contributed by atoms with E-state index in [9.17, 15) is 4.79 Å². The second kappa shape index (κ2) is 17.9. The molecular weight excluding hydrogens is 654 g/mol. The fourth-order valence-electron chi connectivity index (χ4n) is 7.85. The molecular formula is C40H60ClN3O4S. The van der Waals surface area contributed by atoms with E-state index in [1.807, 2.05) is 38.1 Å². The van der Waals surface area contributed by atoms with Crippen LogP contribution in [0.2, 0.25) is 5.02 Å². The van der Waals surface area contributed by atoms with Crippen LogP contribution in [-0.4, -0.2) is 68.3 Å². The maximum absolute atomic E-state index is 13.6. The van der Waals surface area contributed by atoms with Crippen molar-refractivity contribution in [3.63, 3.8) is 0 Å². The molecule has 1 saturated carbocycles. The molecule has 0 bridgehead atoms. The fourth-order valence-corrected chi connectivity index (χ4v) is 9.28. The van der Waals surface area contributed by atoms with E-state index in [1.165, 1.54) is 24.0 Å². The maximum atomic E-state index is 13.6. The second-order valence-corrected chi connectivity index (χ2v) is 16.5. The zero-order chi connectivity index (χ0) is 35.1. The van der Waals surface area contributed by atoms with Gasteiger partial charge in [0, 0.05) is 54.4 Å². The molecule has 2 aromatic carbocycles. The number of carbonyl (C=O) groups excluding carboxylic acids is 1. The summed E-state index contributed by atoms with van der Waals surface area (Å²) in [4.78, 5) is 16.1. The van der Waals surface area contributed by atoms with Gasteiger partial charge in [0.15, 0.2) is 6.29 Å². The average molecular weight is 714 g/mol. The van der Waals surface area contributed by atoms with Crippen LogP contribution in [0.5, 0.6) is 5.75 Å². The highest BCUT2D eigenvalue weighted by Crippen LogP contribution is 2.44. The largest absolute Gasteiger partial charge is 0.491 e. The molecule has 1 amide bonds. The Morgan fingerprint density at radius 1 is 1.06 bits per heavy atom. The molecule has 6 rings (SSSR count). The van der Waals surface area contributed by atoms with Gasteiger partial charge >= 0.3 is 0 Å². The summed E-state index contributed by atoms with van der Waals surface area (Å²) in [5, 5.41) is 4.46.